The summed E-state index contributed by atoms with van der Waals surface area (Å²) in [6, 6.07) is 7.40. The average molecular weight is 237 g/mol. The highest BCUT2D eigenvalue weighted by molar-refractivity contribution is 5.97. The molecule has 0 spiro atoms. The van der Waals surface area contributed by atoms with Gasteiger partial charge in [-0.15, -0.1) is 0 Å². The Morgan fingerprint density at radius 3 is 2.12 bits per heavy atom. The number of aryl methyl sites for hydroxylation is 1. The Bertz CT molecular complexity index is 342. The molecule has 0 heterocycles. The van der Waals surface area contributed by atoms with Crippen LogP contribution in [0.3, 0.4) is 0 Å². The van der Waals surface area contributed by atoms with Gasteiger partial charge in [-0.3, -0.25) is 9.69 Å². The first-order valence-electron chi connectivity index (χ1n) is 5.71. The van der Waals surface area contributed by atoms with E-state index in [1.54, 1.807) is 17.0 Å². The van der Waals surface area contributed by atoms with Gasteiger partial charge in [-0.1, -0.05) is 29.8 Å². The van der Waals surface area contributed by atoms with Gasteiger partial charge < -0.3 is 10.2 Å². The summed E-state index contributed by atoms with van der Waals surface area (Å²) in [4.78, 5) is 13.6. The third kappa shape index (κ3) is 4.65. The highest BCUT2D eigenvalue weighted by Crippen LogP contribution is 2.05. The van der Waals surface area contributed by atoms with E-state index in [4.69, 9.17) is 10.2 Å². The second kappa shape index (κ2) is 7.17. The van der Waals surface area contributed by atoms with Crippen LogP contribution in [0.5, 0.6) is 0 Å². The molecule has 2 N–H and O–H groups in total. The van der Waals surface area contributed by atoms with E-state index in [1.807, 2.05) is 19.1 Å². The van der Waals surface area contributed by atoms with E-state index < -0.39 is 0 Å². The van der Waals surface area contributed by atoms with Crippen molar-refractivity contribution in [3.63, 3.8) is 0 Å². The van der Waals surface area contributed by atoms with E-state index >= 15 is 0 Å². The molecule has 0 aromatic heterocycles. The molecule has 4 heteroatoms. The van der Waals surface area contributed by atoms with Crippen molar-refractivity contribution in [2.24, 2.45) is 0 Å². The SMILES string of the molecule is Cc1ccc(C(=O)CN(CCO)CCO)cc1. The fraction of sp³-hybridized carbons (Fsp3) is 0.462. The molecule has 0 radical (unpaired) electrons. The minimum absolute atomic E-state index is 0.00639. The van der Waals surface area contributed by atoms with Crippen LogP contribution in [0.4, 0.5) is 0 Å². The van der Waals surface area contributed by atoms with Crippen molar-refractivity contribution in [2.75, 3.05) is 32.8 Å². The molecule has 0 saturated heterocycles. The Morgan fingerprint density at radius 2 is 1.65 bits per heavy atom. The molecule has 1 aromatic carbocycles. The number of rotatable bonds is 7. The fourth-order valence-corrected chi connectivity index (χ4v) is 1.59. The van der Waals surface area contributed by atoms with Gasteiger partial charge in [0.2, 0.25) is 0 Å². The molecule has 0 amide bonds. The monoisotopic (exact) mass is 237 g/mol. The van der Waals surface area contributed by atoms with E-state index in [9.17, 15) is 4.79 Å². The molecule has 17 heavy (non-hydrogen) atoms. The van der Waals surface area contributed by atoms with Gasteiger partial charge in [-0.25, -0.2) is 0 Å². The third-order valence-electron chi connectivity index (χ3n) is 2.57. The third-order valence-corrected chi connectivity index (χ3v) is 2.57. The maximum Gasteiger partial charge on any atom is 0.176 e. The predicted octanol–water partition coefficient (Wildman–Crippen LogP) is 0.464. The van der Waals surface area contributed by atoms with Crippen LogP contribution in [0.1, 0.15) is 15.9 Å². The quantitative estimate of drug-likeness (QED) is 0.677. The Balaban J connectivity index is 2.60. The zero-order valence-corrected chi connectivity index (χ0v) is 10.1. The van der Waals surface area contributed by atoms with E-state index in [0.29, 0.717) is 18.7 Å². The summed E-state index contributed by atoms with van der Waals surface area (Å²) >= 11 is 0. The number of hydrogen-bond donors (Lipinski definition) is 2. The van der Waals surface area contributed by atoms with Gasteiger partial charge in [0.25, 0.3) is 0 Å². The van der Waals surface area contributed by atoms with Crippen LogP contribution in [0.15, 0.2) is 24.3 Å². The Hall–Kier alpha value is -1.23. The lowest BCUT2D eigenvalue weighted by atomic mass is 10.1. The molecule has 1 rings (SSSR count). The first-order chi connectivity index (χ1) is 8.17. The number of carbonyl (C=O) groups excluding carboxylic acids is 1. The average Bonchev–Trinajstić information content (AvgIpc) is 2.30. The van der Waals surface area contributed by atoms with Crippen molar-refractivity contribution in [1.82, 2.24) is 4.90 Å². The molecule has 0 fully saturated rings. The number of aliphatic hydroxyl groups excluding tert-OH is 2. The molecule has 0 saturated carbocycles. The van der Waals surface area contributed by atoms with Gasteiger partial charge in [0.15, 0.2) is 5.78 Å². The van der Waals surface area contributed by atoms with Gasteiger partial charge in [0.1, 0.15) is 0 Å². The Morgan fingerprint density at radius 1 is 1.12 bits per heavy atom. The highest BCUT2D eigenvalue weighted by atomic mass is 16.3. The van der Waals surface area contributed by atoms with Crippen molar-refractivity contribution >= 4 is 5.78 Å². The van der Waals surface area contributed by atoms with Gasteiger partial charge in [-0.2, -0.15) is 0 Å². The number of hydrogen-bond acceptors (Lipinski definition) is 4. The lowest BCUT2D eigenvalue weighted by Gasteiger charge is -2.19. The number of ketones is 1. The molecule has 0 unspecified atom stereocenters. The maximum absolute atomic E-state index is 11.9. The zero-order valence-electron chi connectivity index (χ0n) is 10.1. The van der Waals surface area contributed by atoms with Crippen molar-refractivity contribution in [3.05, 3.63) is 35.4 Å². The number of benzene rings is 1. The van der Waals surface area contributed by atoms with Crippen LogP contribution in [0.25, 0.3) is 0 Å². The Labute approximate surface area is 101 Å². The molecule has 0 aliphatic carbocycles. The first-order valence-corrected chi connectivity index (χ1v) is 5.71. The molecular formula is C13H19NO3. The standard InChI is InChI=1S/C13H19NO3/c1-11-2-4-12(5-3-11)13(17)10-14(6-8-15)7-9-16/h2-5,15-16H,6-10H2,1H3. The fourth-order valence-electron chi connectivity index (χ4n) is 1.59. The molecule has 0 aliphatic heterocycles. The molecule has 4 nitrogen and oxygen atoms in total. The lowest BCUT2D eigenvalue weighted by Crippen LogP contribution is -2.34. The van der Waals surface area contributed by atoms with E-state index in [-0.39, 0.29) is 25.5 Å². The van der Waals surface area contributed by atoms with Gasteiger partial charge in [0, 0.05) is 18.7 Å². The molecule has 94 valence electrons. The number of aliphatic hydroxyl groups is 2. The van der Waals surface area contributed by atoms with E-state index in [2.05, 4.69) is 0 Å². The minimum atomic E-state index is -0.0127. The van der Waals surface area contributed by atoms with Gasteiger partial charge >= 0.3 is 0 Å². The summed E-state index contributed by atoms with van der Waals surface area (Å²) in [5.41, 5.74) is 1.78. The van der Waals surface area contributed by atoms with Crippen LogP contribution in [0.2, 0.25) is 0 Å². The molecular weight excluding hydrogens is 218 g/mol. The van der Waals surface area contributed by atoms with E-state index in [0.717, 1.165) is 5.56 Å². The summed E-state index contributed by atoms with van der Waals surface area (Å²) in [5, 5.41) is 17.7. The number of nitrogens with zero attached hydrogens (tertiary/aromatic N) is 1. The van der Waals surface area contributed by atoms with E-state index in [1.165, 1.54) is 0 Å². The van der Waals surface area contributed by atoms with Crippen LogP contribution in [0, 0.1) is 6.92 Å². The zero-order chi connectivity index (χ0) is 12.7. The molecule has 1 aromatic rings. The van der Waals surface area contributed by atoms with Crippen molar-refractivity contribution < 1.29 is 15.0 Å². The summed E-state index contributed by atoms with van der Waals surface area (Å²) in [7, 11) is 0. The molecule has 0 atom stereocenters. The summed E-state index contributed by atoms with van der Waals surface area (Å²) in [6.07, 6.45) is 0. The van der Waals surface area contributed by atoms with Crippen molar-refractivity contribution in [1.29, 1.82) is 0 Å². The smallest absolute Gasteiger partial charge is 0.176 e. The summed E-state index contributed by atoms with van der Waals surface area (Å²) in [6.45, 7) is 2.97. The number of Topliss-reactive ketones (excluding diaryl/α,β-unsaturated/α-hetero) is 1. The minimum Gasteiger partial charge on any atom is -0.395 e. The van der Waals surface area contributed by atoms with Crippen LogP contribution >= 0.6 is 0 Å². The first kappa shape index (κ1) is 13.8. The molecule has 0 aliphatic rings. The lowest BCUT2D eigenvalue weighted by molar-refractivity contribution is 0.0894. The summed E-state index contributed by atoms with van der Waals surface area (Å²) < 4.78 is 0. The van der Waals surface area contributed by atoms with Gasteiger partial charge in [0.05, 0.1) is 19.8 Å². The van der Waals surface area contributed by atoms with Crippen LogP contribution in [-0.2, 0) is 0 Å². The second-order valence-corrected chi connectivity index (χ2v) is 4.01. The number of carbonyl (C=O) groups is 1. The van der Waals surface area contributed by atoms with Crippen LogP contribution < -0.4 is 0 Å². The Kier molecular flexibility index (Phi) is 5.83. The molecule has 0 bridgehead atoms. The van der Waals surface area contributed by atoms with Crippen molar-refractivity contribution in [3.8, 4) is 0 Å². The summed E-state index contributed by atoms with van der Waals surface area (Å²) in [5.74, 6) is 0.00639. The van der Waals surface area contributed by atoms with Crippen molar-refractivity contribution in [2.45, 2.75) is 6.92 Å². The van der Waals surface area contributed by atoms with Crippen LogP contribution in [-0.4, -0.2) is 53.7 Å². The highest BCUT2D eigenvalue weighted by Gasteiger charge is 2.11. The maximum atomic E-state index is 11.9. The second-order valence-electron chi connectivity index (χ2n) is 4.01. The predicted molar refractivity (Wildman–Crippen MR) is 66.1 cm³/mol. The normalized spacial score (nSPS) is 10.8. The van der Waals surface area contributed by atoms with Gasteiger partial charge in [-0.05, 0) is 6.92 Å². The largest absolute Gasteiger partial charge is 0.395 e. The topological polar surface area (TPSA) is 60.8 Å².